The predicted molar refractivity (Wildman–Crippen MR) is 118 cm³/mol. The summed E-state index contributed by atoms with van der Waals surface area (Å²) in [5.41, 5.74) is 5.11. The van der Waals surface area contributed by atoms with Gasteiger partial charge in [0.25, 0.3) is 5.91 Å². The fraction of sp³-hybridized carbons (Fsp3) is 0.381. The lowest BCUT2D eigenvalue weighted by Crippen LogP contribution is -2.41. The first-order valence-corrected chi connectivity index (χ1v) is 10.7. The summed E-state index contributed by atoms with van der Waals surface area (Å²) in [6.07, 6.45) is 4.30. The molecule has 1 aliphatic heterocycles. The molecule has 6 rings (SSSR count). The number of anilines is 3. The Morgan fingerprint density at radius 2 is 2.16 bits per heavy atom. The van der Waals surface area contributed by atoms with E-state index >= 15 is 0 Å². The molecule has 1 amide bonds. The van der Waals surface area contributed by atoms with Crippen LogP contribution in [0.4, 0.5) is 17.2 Å². The highest BCUT2D eigenvalue weighted by atomic mass is 16.5. The third-order valence-electron chi connectivity index (χ3n) is 6.24. The normalized spacial score (nSPS) is 20.8. The molecule has 0 radical (unpaired) electrons. The van der Waals surface area contributed by atoms with Crippen molar-refractivity contribution in [1.29, 1.82) is 0 Å². The molecule has 0 unspecified atom stereocenters. The van der Waals surface area contributed by atoms with Crippen molar-refractivity contribution in [2.45, 2.75) is 38.0 Å². The number of nitrogens with zero attached hydrogens (tertiary/aromatic N) is 6. The number of rotatable bonds is 1. The maximum atomic E-state index is 13.1. The number of carbonyl (C=O) groups excluding carboxylic acids is 1. The van der Waals surface area contributed by atoms with Crippen LogP contribution in [-0.2, 0) is 18.4 Å². The van der Waals surface area contributed by atoms with Crippen LogP contribution in [0, 0.1) is 0 Å². The van der Waals surface area contributed by atoms with E-state index in [-0.39, 0.29) is 18.1 Å². The van der Waals surface area contributed by atoms with Gasteiger partial charge in [0.1, 0.15) is 5.52 Å². The van der Waals surface area contributed by atoms with Crippen molar-refractivity contribution in [2.75, 3.05) is 17.7 Å². The van der Waals surface area contributed by atoms with Gasteiger partial charge >= 0.3 is 0 Å². The molecular weight excluding hydrogens is 410 g/mol. The summed E-state index contributed by atoms with van der Waals surface area (Å²) in [5.74, 6) is 0.339. The van der Waals surface area contributed by atoms with E-state index in [0.717, 1.165) is 47.2 Å². The second-order valence-electron chi connectivity index (χ2n) is 8.28. The Bertz CT molecular complexity index is 1360. The van der Waals surface area contributed by atoms with Crippen LogP contribution in [0.5, 0.6) is 0 Å². The van der Waals surface area contributed by atoms with E-state index in [1.54, 1.807) is 15.4 Å². The smallest absolute Gasteiger partial charge is 0.271 e. The zero-order valence-corrected chi connectivity index (χ0v) is 17.8. The summed E-state index contributed by atoms with van der Waals surface area (Å²) >= 11 is 0. The number of hydrogen-bond donors (Lipinski definition) is 3. The maximum Gasteiger partial charge on any atom is 0.271 e. The lowest BCUT2D eigenvalue weighted by atomic mass is 10.1. The van der Waals surface area contributed by atoms with Gasteiger partial charge in [0.15, 0.2) is 17.2 Å². The van der Waals surface area contributed by atoms with Gasteiger partial charge in [0.2, 0.25) is 0 Å². The average Bonchev–Trinajstić information content (AvgIpc) is 3.50. The lowest BCUT2D eigenvalue weighted by Gasteiger charge is -2.22. The predicted octanol–water partition coefficient (Wildman–Crippen LogP) is 1.98. The van der Waals surface area contributed by atoms with Crippen molar-refractivity contribution in [1.82, 2.24) is 34.9 Å². The number of carbonyl (C=O) groups is 1. The molecule has 1 saturated carbocycles. The summed E-state index contributed by atoms with van der Waals surface area (Å²) < 4.78 is 9.58. The molecule has 4 heterocycles. The fourth-order valence-corrected chi connectivity index (χ4v) is 4.61. The molecule has 1 aliphatic carbocycles. The van der Waals surface area contributed by atoms with Gasteiger partial charge in [-0.1, -0.05) is 5.21 Å². The van der Waals surface area contributed by atoms with Crippen molar-refractivity contribution in [3.05, 3.63) is 35.7 Å². The van der Waals surface area contributed by atoms with E-state index in [4.69, 9.17) is 4.74 Å². The minimum absolute atomic E-state index is 0.0470. The molecule has 1 aromatic carbocycles. The van der Waals surface area contributed by atoms with Crippen molar-refractivity contribution < 1.29 is 9.53 Å². The molecule has 2 atom stereocenters. The summed E-state index contributed by atoms with van der Waals surface area (Å²) in [6, 6.07) is 5.86. The van der Waals surface area contributed by atoms with Gasteiger partial charge in [-0.3, -0.25) is 4.79 Å². The first-order chi connectivity index (χ1) is 15.6. The Kier molecular flexibility index (Phi) is 4.25. The van der Waals surface area contributed by atoms with E-state index in [0.29, 0.717) is 23.8 Å². The molecular formula is C21H23N9O2. The summed E-state index contributed by atoms with van der Waals surface area (Å²) in [4.78, 5) is 17.5. The van der Waals surface area contributed by atoms with Crippen LogP contribution >= 0.6 is 0 Å². The molecule has 32 heavy (non-hydrogen) atoms. The van der Waals surface area contributed by atoms with E-state index < -0.39 is 0 Å². The Labute approximate surface area is 183 Å². The zero-order chi connectivity index (χ0) is 21.8. The molecule has 0 spiro atoms. The monoisotopic (exact) mass is 433 g/mol. The molecule has 4 aromatic rings. The number of aromatic nitrogens is 6. The summed E-state index contributed by atoms with van der Waals surface area (Å²) in [7, 11) is 3.68. The number of ether oxygens (including phenoxy) is 1. The molecule has 2 aliphatic rings. The molecule has 11 nitrogen and oxygen atoms in total. The number of hydrogen-bond acceptors (Lipinski definition) is 8. The van der Waals surface area contributed by atoms with Gasteiger partial charge < -0.3 is 20.7 Å². The van der Waals surface area contributed by atoms with Crippen LogP contribution in [-0.4, -0.2) is 54.7 Å². The number of aryl methyl sites for hydroxylation is 1. The maximum absolute atomic E-state index is 13.1. The van der Waals surface area contributed by atoms with Gasteiger partial charge in [-0.05, 0) is 37.0 Å². The first-order valence-electron chi connectivity index (χ1n) is 10.7. The molecule has 0 saturated heterocycles. The van der Waals surface area contributed by atoms with E-state index in [9.17, 15) is 4.79 Å². The number of nitrogens with one attached hydrogen (secondary N) is 3. The number of amides is 1. The molecule has 1 fully saturated rings. The Balaban J connectivity index is 1.56. The van der Waals surface area contributed by atoms with Gasteiger partial charge in [-0.15, -0.1) is 10.2 Å². The SMILES string of the molecule is CNc1cc2nn3c(cnc13)C(=O)N[C@@H]1CCC[C@@H]1OCc1cc(c3nnn(C)c3c1)N2. The van der Waals surface area contributed by atoms with Gasteiger partial charge in [0.05, 0.1) is 41.8 Å². The third-order valence-corrected chi connectivity index (χ3v) is 6.24. The summed E-state index contributed by atoms with van der Waals surface area (Å²) in [5, 5.41) is 22.8. The van der Waals surface area contributed by atoms with Gasteiger partial charge in [-0.2, -0.15) is 0 Å². The van der Waals surface area contributed by atoms with Crippen molar-refractivity contribution in [3.8, 4) is 0 Å². The van der Waals surface area contributed by atoms with Gasteiger partial charge in [0, 0.05) is 20.2 Å². The summed E-state index contributed by atoms with van der Waals surface area (Å²) in [6.45, 7) is 0.430. The van der Waals surface area contributed by atoms with Gasteiger partial charge in [-0.25, -0.2) is 14.2 Å². The second-order valence-corrected chi connectivity index (χ2v) is 8.28. The van der Waals surface area contributed by atoms with Crippen molar-refractivity contribution in [3.63, 3.8) is 0 Å². The number of fused-ring (bicyclic) bond motifs is 6. The van der Waals surface area contributed by atoms with Crippen LogP contribution in [0.1, 0.15) is 35.3 Å². The fourth-order valence-electron chi connectivity index (χ4n) is 4.61. The molecule has 3 aromatic heterocycles. The average molecular weight is 433 g/mol. The molecule has 3 N–H and O–H groups in total. The highest BCUT2D eigenvalue weighted by molar-refractivity contribution is 5.94. The standard InChI is InChI=1S/C21H23N9O2/c1-22-14-8-18-24-13-6-11(7-15-19(13)26-28-29(15)2)10-32-17-5-3-4-12(17)25-21(31)16-9-23-20(14)30(16)27-18/h6-9,12,17,22H,3-5,10H2,1-2H3,(H,24,27)(H,25,31)/t12-,17+/m1/s1. The van der Waals surface area contributed by atoms with Crippen LogP contribution < -0.4 is 16.0 Å². The highest BCUT2D eigenvalue weighted by Crippen LogP contribution is 2.30. The van der Waals surface area contributed by atoms with E-state index in [2.05, 4.69) is 36.3 Å². The quantitative estimate of drug-likeness (QED) is 0.416. The largest absolute Gasteiger partial charge is 0.385 e. The topological polar surface area (TPSA) is 123 Å². The van der Waals surface area contributed by atoms with E-state index in [1.165, 1.54) is 0 Å². The molecule has 4 bridgehead atoms. The Morgan fingerprint density at radius 1 is 1.25 bits per heavy atom. The van der Waals surface area contributed by atoms with Crippen molar-refractivity contribution in [2.24, 2.45) is 7.05 Å². The van der Waals surface area contributed by atoms with Crippen LogP contribution in [0.2, 0.25) is 0 Å². The van der Waals surface area contributed by atoms with E-state index in [1.807, 2.05) is 32.3 Å². The Hall–Kier alpha value is -3.73. The highest BCUT2D eigenvalue weighted by Gasteiger charge is 2.31. The van der Waals surface area contributed by atoms with Crippen LogP contribution in [0.15, 0.2) is 24.4 Å². The Morgan fingerprint density at radius 3 is 3.03 bits per heavy atom. The molecule has 11 heteroatoms. The van der Waals surface area contributed by atoms with Crippen LogP contribution in [0.3, 0.4) is 0 Å². The minimum atomic E-state index is -0.211. The number of imidazole rings is 1. The number of benzene rings is 1. The van der Waals surface area contributed by atoms with Crippen LogP contribution in [0.25, 0.3) is 16.7 Å². The third kappa shape index (κ3) is 2.96. The molecule has 164 valence electrons. The van der Waals surface area contributed by atoms with Crippen molar-refractivity contribution >= 4 is 39.8 Å². The lowest BCUT2D eigenvalue weighted by molar-refractivity contribution is 0.0271. The second kappa shape index (κ2) is 7.16. The zero-order valence-electron chi connectivity index (χ0n) is 17.8. The minimum Gasteiger partial charge on any atom is -0.385 e. The first kappa shape index (κ1) is 19.0.